The van der Waals surface area contributed by atoms with Gasteiger partial charge in [0, 0.05) is 24.6 Å². The van der Waals surface area contributed by atoms with E-state index < -0.39 is 0 Å². The van der Waals surface area contributed by atoms with Crippen LogP contribution in [0.5, 0.6) is 0 Å². The largest absolute Gasteiger partial charge is 0.337 e. The number of carbonyl (C=O) groups is 1. The Morgan fingerprint density at radius 3 is 2.57 bits per heavy atom. The second-order valence-electron chi connectivity index (χ2n) is 6.73. The van der Waals surface area contributed by atoms with Crippen molar-refractivity contribution in [3.63, 3.8) is 0 Å². The maximum absolute atomic E-state index is 12.7. The van der Waals surface area contributed by atoms with Crippen LogP contribution in [0.25, 0.3) is 5.65 Å². The van der Waals surface area contributed by atoms with E-state index in [9.17, 15) is 4.79 Å². The predicted molar refractivity (Wildman–Crippen MR) is 81.4 cm³/mol. The Labute approximate surface area is 125 Å². The van der Waals surface area contributed by atoms with Gasteiger partial charge < -0.3 is 4.90 Å². The number of carbonyl (C=O) groups excluding carboxylic acids is 1. The van der Waals surface area contributed by atoms with Crippen LogP contribution >= 0.6 is 0 Å². The smallest absolute Gasteiger partial charge is 0.272 e. The van der Waals surface area contributed by atoms with Crippen molar-refractivity contribution < 1.29 is 4.79 Å². The molecule has 0 spiro atoms. The van der Waals surface area contributed by atoms with E-state index >= 15 is 0 Å². The van der Waals surface area contributed by atoms with E-state index in [1.54, 1.807) is 6.20 Å². The number of hydrogen-bond donors (Lipinski definition) is 0. The second kappa shape index (κ2) is 5.13. The van der Waals surface area contributed by atoms with Gasteiger partial charge in [-0.3, -0.25) is 4.79 Å². The zero-order chi connectivity index (χ0) is 15.0. The standard InChI is InChI=1S/C16H22N4O/c1-16(2,3)13-11-12(18-14-7-8-17-20(13)14)15(21)19-9-5-4-6-10-19/h7-8,11H,4-6,9-10H2,1-3H3. The van der Waals surface area contributed by atoms with Crippen LogP contribution in [0.2, 0.25) is 0 Å². The molecule has 5 nitrogen and oxygen atoms in total. The van der Waals surface area contributed by atoms with Gasteiger partial charge in [0.05, 0.1) is 11.9 Å². The maximum atomic E-state index is 12.7. The number of aromatic nitrogens is 3. The topological polar surface area (TPSA) is 50.5 Å². The van der Waals surface area contributed by atoms with Crippen molar-refractivity contribution in [1.82, 2.24) is 19.5 Å². The summed E-state index contributed by atoms with van der Waals surface area (Å²) in [5, 5.41) is 4.33. The first kappa shape index (κ1) is 14.0. The van der Waals surface area contributed by atoms with Crippen LogP contribution in [0.4, 0.5) is 0 Å². The molecule has 21 heavy (non-hydrogen) atoms. The first-order valence-corrected chi connectivity index (χ1v) is 7.61. The summed E-state index contributed by atoms with van der Waals surface area (Å²) in [7, 11) is 0. The van der Waals surface area contributed by atoms with Crippen LogP contribution in [-0.4, -0.2) is 38.5 Å². The van der Waals surface area contributed by atoms with Crippen molar-refractivity contribution in [2.45, 2.75) is 45.4 Å². The molecular formula is C16H22N4O. The van der Waals surface area contributed by atoms with Crippen LogP contribution in [0.15, 0.2) is 18.3 Å². The maximum Gasteiger partial charge on any atom is 0.272 e. The van der Waals surface area contributed by atoms with Crippen molar-refractivity contribution >= 4 is 11.6 Å². The lowest BCUT2D eigenvalue weighted by Crippen LogP contribution is -2.36. The van der Waals surface area contributed by atoms with Crippen LogP contribution < -0.4 is 0 Å². The fourth-order valence-electron chi connectivity index (χ4n) is 2.82. The van der Waals surface area contributed by atoms with Gasteiger partial charge in [-0.25, -0.2) is 9.50 Å². The molecule has 2 aromatic heterocycles. The molecule has 3 rings (SSSR count). The summed E-state index contributed by atoms with van der Waals surface area (Å²) in [5.74, 6) is 0.0453. The Bertz CT molecular complexity index is 662. The van der Waals surface area contributed by atoms with Crippen molar-refractivity contribution in [1.29, 1.82) is 0 Å². The Balaban J connectivity index is 2.04. The number of fused-ring (bicyclic) bond motifs is 1. The first-order valence-electron chi connectivity index (χ1n) is 7.61. The van der Waals surface area contributed by atoms with Crippen molar-refractivity contribution in [2.24, 2.45) is 0 Å². The van der Waals surface area contributed by atoms with Crippen molar-refractivity contribution in [3.8, 4) is 0 Å². The Kier molecular flexibility index (Phi) is 3.43. The third-order valence-corrected chi connectivity index (χ3v) is 3.99. The highest BCUT2D eigenvalue weighted by atomic mass is 16.2. The predicted octanol–water partition coefficient (Wildman–Crippen LogP) is 2.65. The zero-order valence-corrected chi connectivity index (χ0v) is 13.0. The highest BCUT2D eigenvalue weighted by Gasteiger charge is 2.24. The van der Waals surface area contributed by atoms with Crippen molar-refractivity contribution in [2.75, 3.05) is 13.1 Å². The van der Waals surface area contributed by atoms with Gasteiger partial charge in [0.25, 0.3) is 5.91 Å². The summed E-state index contributed by atoms with van der Waals surface area (Å²) in [6.07, 6.45) is 5.12. The third kappa shape index (κ3) is 2.64. The minimum atomic E-state index is -0.0931. The van der Waals surface area contributed by atoms with Gasteiger partial charge in [-0.1, -0.05) is 20.8 Å². The Morgan fingerprint density at radius 1 is 1.19 bits per heavy atom. The second-order valence-corrected chi connectivity index (χ2v) is 6.73. The van der Waals surface area contributed by atoms with Crippen molar-refractivity contribution in [3.05, 3.63) is 29.7 Å². The zero-order valence-electron chi connectivity index (χ0n) is 13.0. The lowest BCUT2D eigenvalue weighted by Gasteiger charge is -2.27. The molecule has 1 aliphatic rings. The molecule has 1 amide bonds. The first-order chi connectivity index (χ1) is 9.97. The van der Waals surface area contributed by atoms with E-state index in [0.717, 1.165) is 37.3 Å². The molecule has 1 saturated heterocycles. The molecule has 1 aliphatic heterocycles. The molecule has 0 aliphatic carbocycles. The van der Waals surface area contributed by atoms with Crippen LogP contribution in [0.3, 0.4) is 0 Å². The summed E-state index contributed by atoms with van der Waals surface area (Å²) in [5.41, 5.74) is 2.19. The fraction of sp³-hybridized carbons (Fsp3) is 0.562. The molecule has 0 saturated carbocycles. The van der Waals surface area contributed by atoms with E-state index in [1.165, 1.54) is 6.42 Å². The number of likely N-dealkylation sites (tertiary alicyclic amines) is 1. The van der Waals surface area contributed by atoms with Gasteiger partial charge in [-0.05, 0) is 25.3 Å². The minimum Gasteiger partial charge on any atom is -0.337 e. The van der Waals surface area contributed by atoms with Gasteiger partial charge in [-0.2, -0.15) is 5.10 Å². The number of rotatable bonds is 1. The summed E-state index contributed by atoms with van der Waals surface area (Å²) >= 11 is 0. The van der Waals surface area contributed by atoms with E-state index in [4.69, 9.17) is 0 Å². The summed E-state index contributed by atoms with van der Waals surface area (Å²) in [6.45, 7) is 8.06. The number of piperidine rings is 1. The lowest BCUT2D eigenvalue weighted by molar-refractivity contribution is 0.0718. The molecule has 1 fully saturated rings. The Morgan fingerprint density at radius 2 is 1.90 bits per heavy atom. The van der Waals surface area contributed by atoms with E-state index in [0.29, 0.717) is 5.69 Å². The van der Waals surface area contributed by atoms with E-state index in [-0.39, 0.29) is 11.3 Å². The summed E-state index contributed by atoms with van der Waals surface area (Å²) in [4.78, 5) is 19.1. The van der Waals surface area contributed by atoms with Gasteiger partial charge in [-0.15, -0.1) is 0 Å². The molecule has 0 aromatic carbocycles. The number of amides is 1. The normalized spacial score (nSPS) is 16.4. The molecule has 112 valence electrons. The fourth-order valence-corrected chi connectivity index (χ4v) is 2.82. The molecule has 0 atom stereocenters. The number of hydrogen-bond acceptors (Lipinski definition) is 3. The lowest BCUT2D eigenvalue weighted by atomic mass is 9.91. The molecule has 3 heterocycles. The minimum absolute atomic E-state index is 0.0453. The van der Waals surface area contributed by atoms with Crippen LogP contribution in [0.1, 0.15) is 56.2 Å². The molecule has 0 bridgehead atoms. The van der Waals surface area contributed by atoms with Crippen LogP contribution in [-0.2, 0) is 5.41 Å². The quantitative estimate of drug-likeness (QED) is 0.810. The van der Waals surface area contributed by atoms with Gasteiger partial charge in [0.15, 0.2) is 5.65 Å². The molecule has 0 N–H and O–H groups in total. The molecule has 0 radical (unpaired) electrons. The van der Waals surface area contributed by atoms with E-state index in [1.807, 2.05) is 21.5 Å². The van der Waals surface area contributed by atoms with Gasteiger partial charge in [0.1, 0.15) is 5.69 Å². The van der Waals surface area contributed by atoms with Gasteiger partial charge >= 0.3 is 0 Å². The average Bonchev–Trinajstić information content (AvgIpc) is 2.93. The number of nitrogens with zero attached hydrogens (tertiary/aromatic N) is 4. The average molecular weight is 286 g/mol. The summed E-state index contributed by atoms with van der Waals surface area (Å²) in [6, 6.07) is 3.75. The molecule has 5 heteroatoms. The highest BCUT2D eigenvalue weighted by Crippen LogP contribution is 2.24. The molecule has 2 aromatic rings. The van der Waals surface area contributed by atoms with Crippen LogP contribution in [0, 0.1) is 0 Å². The monoisotopic (exact) mass is 286 g/mol. The highest BCUT2D eigenvalue weighted by molar-refractivity contribution is 5.93. The summed E-state index contributed by atoms with van der Waals surface area (Å²) < 4.78 is 1.83. The van der Waals surface area contributed by atoms with E-state index in [2.05, 4.69) is 30.9 Å². The third-order valence-electron chi connectivity index (χ3n) is 3.99. The SMILES string of the molecule is CC(C)(C)c1cc(C(=O)N2CCCCC2)nc2ccnn12. The molecule has 0 unspecified atom stereocenters. The molecular weight excluding hydrogens is 264 g/mol. The Hall–Kier alpha value is -1.91. The van der Waals surface area contributed by atoms with Gasteiger partial charge in [0.2, 0.25) is 0 Å².